The summed E-state index contributed by atoms with van der Waals surface area (Å²) in [6.07, 6.45) is -1.47. The molecule has 2 aliphatic heterocycles. The van der Waals surface area contributed by atoms with Crippen LogP contribution in [-0.2, 0) is 34.3 Å². The number of hydrogen-bond acceptors (Lipinski definition) is 14. The number of carbonyl (C=O) groups is 5. The molecule has 3 heterocycles. The molecule has 9 N–H and O–H groups in total. The summed E-state index contributed by atoms with van der Waals surface area (Å²) in [5, 5.41) is 21.6. The Morgan fingerprint density at radius 2 is 2.00 bits per heavy atom. The fraction of sp³-hybridized carbons (Fsp3) is 0.550. The molecule has 0 bridgehead atoms. The lowest BCUT2D eigenvalue weighted by Crippen LogP contribution is -2.74. The third-order valence-electron chi connectivity index (χ3n) is 6.37. The Morgan fingerprint density at radius 1 is 1.29 bits per heavy atom. The summed E-state index contributed by atoms with van der Waals surface area (Å²) in [6.45, 7) is -0.302. The first-order chi connectivity index (χ1) is 19.8. The standard InChI is InChI=1S/C20H27N9O11S2/c21-3-4-23-18(34)24-5-9-6-28(19(35)39-9)7-11-13(15(31)29(11)42(36,37)38)26-14(30)12(10-8-41-17(22)25-10)27-40-20(1-2-20)16(32)33/h8-9,11,13H,1-7,21H2,(H2,22,25)(H,26,30)(H,32,33)(H2,23,24,34)(H,36,37,38)/b27-12-/t9?,11-,13?/m0/s1. The predicted octanol–water partition coefficient (Wildman–Crippen LogP) is -3.36. The molecule has 0 aromatic carbocycles. The molecule has 0 spiro atoms. The minimum Gasteiger partial charge on any atom is -0.478 e. The van der Waals surface area contributed by atoms with E-state index < -0.39 is 76.3 Å². The minimum absolute atomic E-state index is 0.0356. The van der Waals surface area contributed by atoms with Gasteiger partial charge in [0.05, 0.1) is 19.1 Å². The molecule has 42 heavy (non-hydrogen) atoms. The third kappa shape index (κ3) is 6.61. The van der Waals surface area contributed by atoms with Gasteiger partial charge in [0, 0.05) is 37.9 Å². The average molecular weight is 634 g/mol. The van der Waals surface area contributed by atoms with Crippen LogP contribution in [0.15, 0.2) is 10.5 Å². The molecule has 3 fully saturated rings. The van der Waals surface area contributed by atoms with Gasteiger partial charge in [0.15, 0.2) is 10.8 Å². The second-order valence-electron chi connectivity index (χ2n) is 9.37. The number of nitrogens with two attached hydrogens (primary N) is 2. The van der Waals surface area contributed by atoms with Gasteiger partial charge in [0.1, 0.15) is 17.8 Å². The van der Waals surface area contributed by atoms with Crippen LogP contribution in [0.5, 0.6) is 0 Å². The molecule has 2 unspecified atom stereocenters. The number of oxime groups is 1. The van der Waals surface area contributed by atoms with Crippen LogP contribution in [0, 0.1) is 0 Å². The molecule has 3 aliphatic rings. The number of amides is 5. The molecule has 22 heteroatoms. The van der Waals surface area contributed by atoms with E-state index in [0.717, 1.165) is 16.2 Å². The van der Waals surface area contributed by atoms with E-state index in [1.807, 2.05) is 0 Å². The number of anilines is 1. The number of urea groups is 1. The van der Waals surface area contributed by atoms with Gasteiger partial charge in [0.25, 0.3) is 11.8 Å². The number of rotatable bonds is 13. The number of aliphatic carboxylic acids is 1. The van der Waals surface area contributed by atoms with Gasteiger partial charge in [-0.3, -0.25) is 14.1 Å². The molecule has 1 aromatic heterocycles. The number of cyclic esters (lactones) is 1. The van der Waals surface area contributed by atoms with E-state index in [2.05, 4.69) is 26.1 Å². The Morgan fingerprint density at radius 3 is 2.57 bits per heavy atom. The van der Waals surface area contributed by atoms with Crippen molar-refractivity contribution < 1.29 is 51.6 Å². The number of β-lactam (4-membered cyclic amide) rings is 1. The van der Waals surface area contributed by atoms with Gasteiger partial charge >= 0.3 is 28.4 Å². The number of ether oxygens (including phenoxy) is 1. The summed E-state index contributed by atoms with van der Waals surface area (Å²) >= 11 is 0.933. The first-order valence-electron chi connectivity index (χ1n) is 12.3. The number of carbonyl (C=O) groups excluding carboxylic acids is 4. The SMILES string of the molecule is NCCNC(=O)NCC1CN(C[C@H]2C(NC(=O)/C(=N\OC3(C(=O)O)CC3)c3csc(N)n3)C(=O)N2S(=O)(=O)O)C(=O)O1. The zero-order chi connectivity index (χ0) is 30.8. The van der Waals surface area contributed by atoms with Crippen LogP contribution in [0.2, 0.25) is 0 Å². The van der Waals surface area contributed by atoms with Crippen molar-refractivity contribution in [2.45, 2.75) is 36.6 Å². The topological polar surface area (TPSA) is 298 Å². The van der Waals surface area contributed by atoms with E-state index in [9.17, 15) is 42.0 Å². The van der Waals surface area contributed by atoms with Gasteiger partial charge in [-0.15, -0.1) is 11.3 Å². The predicted molar refractivity (Wildman–Crippen MR) is 140 cm³/mol. The Bertz CT molecular complexity index is 1410. The van der Waals surface area contributed by atoms with Gasteiger partial charge in [-0.25, -0.2) is 23.7 Å². The van der Waals surface area contributed by atoms with Crippen molar-refractivity contribution in [3.05, 3.63) is 11.1 Å². The van der Waals surface area contributed by atoms with Crippen LogP contribution in [0.3, 0.4) is 0 Å². The highest BCUT2D eigenvalue weighted by atomic mass is 32.2. The molecule has 4 rings (SSSR count). The van der Waals surface area contributed by atoms with E-state index >= 15 is 0 Å². The van der Waals surface area contributed by atoms with Crippen molar-refractivity contribution in [1.82, 2.24) is 30.1 Å². The summed E-state index contributed by atoms with van der Waals surface area (Å²) < 4.78 is 38.7. The highest BCUT2D eigenvalue weighted by Crippen LogP contribution is 2.40. The molecule has 1 saturated carbocycles. The fourth-order valence-corrected chi connectivity index (χ4v) is 5.47. The van der Waals surface area contributed by atoms with Crippen molar-refractivity contribution >= 4 is 62.4 Å². The van der Waals surface area contributed by atoms with Crippen LogP contribution in [0.25, 0.3) is 0 Å². The van der Waals surface area contributed by atoms with E-state index in [1.54, 1.807) is 0 Å². The van der Waals surface area contributed by atoms with Crippen molar-refractivity contribution in [3.63, 3.8) is 0 Å². The summed E-state index contributed by atoms with van der Waals surface area (Å²) in [5.74, 6) is -3.63. The molecule has 230 valence electrons. The molecular weight excluding hydrogens is 606 g/mol. The quantitative estimate of drug-likeness (QED) is 0.0483. The monoisotopic (exact) mass is 633 g/mol. The minimum atomic E-state index is -5.11. The van der Waals surface area contributed by atoms with Crippen molar-refractivity contribution in [2.75, 3.05) is 38.5 Å². The molecule has 5 amide bonds. The number of nitrogen functional groups attached to an aromatic ring is 1. The van der Waals surface area contributed by atoms with Crippen LogP contribution < -0.4 is 27.4 Å². The van der Waals surface area contributed by atoms with Crippen molar-refractivity contribution in [1.29, 1.82) is 0 Å². The number of nitrogens with zero attached hydrogens (tertiary/aromatic N) is 4. The highest BCUT2D eigenvalue weighted by molar-refractivity contribution is 7.84. The van der Waals surface area contributed by atoms with E-state index in [4.69, 9.17) is 21.0 Å². The molecule has 3 atom stereocenters. The van der Waals surface area contributed by atoms with E-state index in [1.165, 1.54) is 5.38 Å². The Labute approximate surface area is 241 Å². The van der Waals surface area contributed by atoms with Gasteiger partial charge in [-0.2, -0.15) is 8.42 Å². The van der Waals surface area contributed by atoms with Crippen LogP contribution in [-0.4, -0.2) is 124 Å². The third-order valence-corrected chi connectivity index (χ3v) is 7.99. The van der Waals surface area contributed by atoms with Gasteiger partial charge in [0.2, 0.25) is 5.60 Å². The van der Waals surface area contributed by atoms with Crippen molar-refractivity contribution in [2.24, 2.45) is 10.9 Å². The Hall–Kier alpha value is -4.28. The maximum absolute atomic E-state index is 13.2. The second-order valence-corrected chi connectivity index (χ2v) is 11.5. The number of aromatic nitrogens is 1. The van der Waals surface area contributed by atoms with Crippen molar-refractivity contribution in [3.8, 4) is 0 Å². The number of nitrogens with one attached hydrogen (secondary N) is 3. The van der Waals surface area contributed by atoms with Crippen LogP contribution in [0.1, 0.15) is 18.5 Å². The number of hydrogen-bond donors (Lipinski definition) is 7. The molecule has 1 aliphatic carbocycles. The molecular formula is C20H27N9O11S2. The summed E-state index contributed by atoms with van der Waals surface area (Å²) in [7, 11) is -5.11. The zero-order valence-electron chi connectivity index (χ0n) is 21.6. The van der Waals surface area contributed by atoms with E-state index in [-0.39, 0.29) is 54.2 Å². The van der Waals surface area contributed by atoms with Gasteiger partial charge in [-0.05, 0) is 0 Å². The Kier molecular flexibility index (Phi) is 8.70. The number of thiazole rings is 1. The lowest BCUT2D eigenvalue weighted by Gasteiger charge is -2.45. The maximum Gasteiger partial charge on any atom is 0.410 e. The van der Waals surface area contributed by atoms with Crippen LogP contribution in [0.4, 0.5) is 14.7 Å². The highest BCUT2D eigenvalue weighted by Gasteiger charge is 2.56. The second kappa shape index (κ2) is 11.9. The summed E-state index contributed by atoms with van der Waals surface area (Å²) in [6, 6.07) is -3.61. The lowest BCUT2D eigenvalue weighted by atomic mass is 9.97. The Balaban J connectivity index is 1.47. The summed E-state index contributed by atoms with van der Waals surface area (Å²) in [4.78, 5) is 71.6. The first kappa shape index (κ1) is 30.7. The van der Waals surface area contributed by atoms with Crippen LogP contribution >= 0.6 is 11.3 Å². The molecule has 2 saturated heterocycles. The lowest BCUT2D eigenvalue weighted by molar-refractivity contribution is -0.153. The molecule has 1 aromatic rings. The van der Waals surface area contributed by atoms with Gasteiger partial charge in [-0.1, -0.05) is 5.16 Å². The first-order valence-corrected chi connectivity index (χ1v) is 14.5. The zero-order valence-corrected chi connectivity index (χ0v) is 23.2. The molecule has 0 radical (unpaired) electrons. The maximum atomic E-state index is 13.2. The number of carboxylic acid groups (broad SMARTS) is 1. The smallest absolute Gasteiger partial charge is 0.410 e. The number of carboxylic acids is 1. The fourth-order valence-electron chi connectivity index (χ4n) is 4.05. The normalized spacial score (nSPS) is 23.1. The molecule has 20 nitrogen and oxygen atoms in total. The average Bonchev–Trinajstić information content (AvgIpc) is 3.47. The van der Waals surface area contributed by atoms with E-state index in [0.29, 0.717) is 0 Å². The summed E-state index contributed by atoms with van der Waals surface area (Å²) in [5.41, 5.74) is 8.65. The largest absolute Gasteiger partial charge is 0.478 e. The van der Waals surface area contributed by atoms with Gasteiger partial charge < -0.3 is 47.0 Å².